The van der Waals surface area contributed by atoms with E-state index in [4.69, 9.17) is 0 Å². The zero-order valence-electron chi connectivity index (χ0n) is 10.1. The maximum Gasteiger partial charge on any atom is -0.0184 e. The van der Waals surface area contributed by atoms with Crippen LogP contribution < -0.4 is 0 Å². The molecule has 0 saturated heterocycles. The second kappa shape index (κ2) is 11.5. The van der Waals surface area contributed by atoms with Crippen molar-refractivity contribution in [2.24, 2.45) is 0 Å². The van der Waals surface area contributed by atoms with Gasteiger partial charge >= 0.3 is 0 Å². The van der Waals surface area contributed by atoms with E-state index >= 15 is 0 Å². The number of hydrogen-bond donors (Lipinski definition) is 0. The van der Waals surface area contributed by atoms with Crippen LogP contribution in [0.4, 0.5) is 0 Å². The summed E-state index contributed by atoms with van der Waals surface area (Å²) in [6, 6.07) is 22.4. The highest BCUT2D eigenvalue weighted by Crippen LogP contribution is 1.92. The second-order valence-corrected chi connectivity index (χ2v) is 3.14. The summed E-state index contributed by atoms with van der Waals surface area (Å²) >= 11 is 0. The van der Waals surface area contributed by atoms with E-state index < -0.39 is 0 Å². The van der Waals surface area contributed by atoms with Gasteiger partial charge in [-0.05, 0) is 25.0 Å². The predicted molar refractivity (Wildman–Crippen MR) is 71.8 cm³/mol. The summed E-state index contributed by atoms with van der Waals surface area (Å²) in [5.74, 6) is 0. The summed E-state index contributed by atoms with van der Waals surface area (Å²) in [6.07, 6.45) is 2.00. The third-order valence-electron chi connectivity index (χ3n) is 1.45. The summed E-state index contributed by atoms with van der Waals surface area (Å²) in [6.45, 7) is 7.72. The van der Waals surface area contributed by atoms with Crippen molar-refractivity contribution < 1.29 is 0 Å². The predicted octanol–water partition coefficient (Wildman–Crippen LogP) is 4.59. The Morgan fingerprint density at radius 3 is 1.50 bits per heavy atom. The highest BCUT2D eigenvalue weighted by molar-refractivity contribution is 5.16. The van der Waals surface area contributed by atoms with Gasteiger partial charge in [0.05, 0.1) is 0 Å². The molecule has 3 radical (unpaired) electrons. The molecule has 16 heavy (non-hydrogen) atoms. The highest BCUT2D eigenvalue weighted by Gasteiger charge is 1.72. The lowest BCUT2D eigenvalue weighted by molar-refractivity contribution is 1.41. The lowest BCUT2D eigenvalue weighted by Crippen LogP contribution is -1.62. The zero-order valence-corrected chi connectivity index (χ0v) is 10.1. The van der Waals surface area contributed by atoms with Crippen LogP contribution in [0, 0.1) is 19.4 Å². The lowest BCUT2D eigenvalue weighted by Gasteiger charge is -1.82. The largest absolute Gasteiger partial charge is 0.0625 e. The van der Waals surface area contributed by atoms with Crippen LogP contribution in [-0.4, -0.2) is 0 Å². The highest BCUT2D eigenvalue weighted by atomic mass is 13.8. The molecule has 2 aromatic carbocycles. The van der Waals surface area contributed by atoms with Gasteiger partial charge in [0.2, 0.25) is 0 Å². The molecule has 0 atom stereocenters. The first-order chi connectivity index (χ1) is 7.81. The van der Waals surface area contributed by atoms with E-state index in [1.54, 1.807) is 0 Å². The first-order valence-corrected chi connectivity index (χ1v) is 5.33. The van der Waals surface area contributed by atoms with E-state index in [9.17, 15) is 0 Å². The smallest absolute Gasteiger partial charge is 0.0184 e. The van der Waals surface area contributed by atoms with Gasteiger partial charge in [-0.3, -0.25) is 0 Å². The zero-order chi connectivity index (χ0) is 12.1. The molecule has 0 aliphatic rings. The SMILES string of the molecule is C[CH]C.[CH2]c1ccccc1.[c]1ccccc1. The quantitative estimate of drug-likeness (QED) is 0.598. The molecule has 0 aliphatic carbocycles. The van der Waals surface area contributed by atoms with Crippen LogP contribution in [0.3, 0.4) is 0 Å². The van der Waals surface area contributed by atoms with E-state index in [1.165, 1.54) is 0 Å². The van der Waals surface area contributed by atoms with Crippen molar-refractivity contribution >= 4 is 0 Å². The van der Waals surface area contributed by atoms with Crippen LogP contribution in [0.25, 0.3) is 0 Å². The molecule has 0 unspecified atom stereocenters. The van der Waals surface area contributed by atoms with Crippen molar-refractivity contribution in [2.75, 3.05) is 0 Å². The number of rotatable bonds is 0. The first-order valence-electron chi connectivity index (χ1n) is 5.33. The van der Waals surface area contributed by atoms with Gasteiger partial charge in [-0.15, -0.1) is 0 Å². The van der Waals surface area contributed by atoms with Crippen LogP contribution in [0.5, 0.6) is 0 Å². The molecule has 2 rings (SSSR count). The summed E-state index contributed by atoms with van der Waals surface area (Å²) in [5.41, 5.74) is 1.07. The van der Waals surface area contributed by atoms with Crippen molar-refractivity contribution in [1.29, 1.82) is 0 Å². The van der Waals surface area contributed by atoms with Crippen LogP contribution in [0.15, 0.2) is 60.7 Å². The van der Waals surface area contributed by atoms with Crippen molar-refractivity contribution in [1.82, 2.24) is 0 Å². The van der Waals surface area contributed by atoms with Crippen molar-refractivity contribution in [3.05, 3.63) is 85.6 Å². The third kappa shape index (κ3) is 10.5. The van der Waals surface area contributed by atoms with Crippen molar-refractivity contribution in [3.8, 4) is 0 Å². The van der Waals surface area contributed by atoms with Gasteiger partial charge in [0.25, 0.3) is 0 Å². The number of benzene rings is 2. The number of hydrogen-bond acceptors (Lipinski definition) is 0. The topological polar surface area (TPSA) is 0 Å². The fourth-order valence-electron chi connectivity index (χ4n) is 0.820. The molecule has 2 aromatic rings. The molecule has 0 heterocycles. The Kier molecular flexibility index (Phi) is 10.4. The fraction of sp³-hybridized carbons (Fsp3) is 0.125. The normalized spacial score (nSPS) is 7.94. The summed E-state index contributed by atoms with van der Waals surface area (Å²) < 4.78 is 0. The second-order valence-electron chi connectivity index (χ2n) is 3.14. The Labute approximate surface area is 100.0 Å². The molecule has 0 heteroatoms. The summed E-state index contributed by atoms with van der Waals surface area (Å²) in [7, 11) is 0. The van der Waals surface area contributed by atoms with Crippen LogP contribution in [0.1, 0.15) is 19.4 Å². The van der Waals surface area contributed by atoms with E-state index in [0.717, 1.165) is 5.56 Å². The van der Waals surface area contributed by atoms with Gasteiger partial charge in [-0.25, -0.2) is 0 Å². The van der Waals surface area contributed by atoms with Crippen LogP contribution >= 0.6 is 0 Å². The Hall–Kier alpha value is -1.56. The molecule has 0 saturated carbocycles. The maximum atomic E-state index is 3.72. The minimum absolute atomic E-state index is 1.07. The summed E-state index contributed by atoms with van der Waals surface area (Å²) in [4.78, 5) is 0. The van der Waals surface area contributed by atoms with Crippen LogP contribution in [-0.2, 0) is 0 Å². The van der Waals surface area contributed by atoms with E-state index in [0.29, 0.717) is 0 Å². The molecule has 0 amide bonds. The fourth-order valence-corrected chi connectivity index (χ4v) is 0.820. The van der Waals surface area contributed by atoms with Crippen molar-refractivity contribution in [3.63, 3.8) is 0 Å². The molecule has 0 N–H and O–H groups in total. The van der Waals surface area contributed by atoms with Gasteiger partial charge in [-0.1, -0.05) is 74.5 Å². The monoisotopic (exact) mass is 211 g/mol. The average Bonchev–Trinajstić information content (AvgIpc) is 2.34. The molecular formula is C16H19. The molecule has 0 aromatic heterocycles. The minimum Gasteiger partial charge on any atom is -0.0625 e. The van der Waals surface area contributed by atoms with Gasteiger partial charge < -0.3 is 0 Å². The van der Waals surface area contributed by atoms with E-state index in [1.807, 2.05) is 80.9 Å². The average molecular weight is 211 g/mol. The van der Waals surface area contributed by atoms with Gasteiger partial charge in [0.15, 0.2) is 0 Å². The molecule has 83 valence electrons. The molecule has 0 nitrogen and oxygen atoms in total. The van der Waals surface area contributed by atoms with Crippen molar-refractivity contribution in [2.45, 2.75) is 13.8 Å². The Bertz CT molecular complexity index is 284. The molecule has 0 fully saturated rings. The molecular weight excluding hydrogens is 192 g/mol. The van der Waals surface area contributed by atoms with Crippen LogP contribution in [0.2, 0.25) is 0 Å². The van der Waals surface area contributed by atoms with Gasteiger partial charge in [-0.2, -0.15) is 0 Å². The lowest BCUT2D eigenvalue weighted by atomic mass is 10.2. The van der Waals surface area contributed by atoms with E-state index in [-0.39, 0.29) is 0 Å². The molecule has 0 aliphatic heterocycles. The molecule has 0 spiro atoms. The van der Waals surface area contributed by atoms with Gasteiger partial charge in [0.1, 0.15) is 0 Å². The Balaban J connectivity index is 0.000000230. The van der Waals surface area contributed by atoms with Gasteiger partial charge in [0, 0.05) is 0 Å². The minimum atomic E-state index is 1.07. The third-order valence-corrected chi connectivity index (χ3v) is 1.45. The van der Waals surface area contributed by atoms with E-state index in [2.05, 4.69) is 13.0 Å². The molecule has 0 bridgehead atoms. The summed E-state index contributed by atoms with van der Waals surface area (Å²) in [5, 5.41) is 0. The Morgan fingerprint density at radius 2 is 1.31 bits per heavy atom. The standard InChI is InChI=1S/C7H7.C6H5.C3H7/c1-7-5-3-2-4-6-7;1-2-4-6-5-3-1;1-3-2/h2-6H,1H2;1-5H;3H,1-2H3. The first kappa shape index (κ1) is 14.4. The Morgan fingerprint density at radius 1 is 0.875 bits per heavy atom. The maximum absolute atomic E-state index is 3.72.